The van der Waals surface area contributed by atoms with Crippen molar-refractivity contribution in [2.24, 2.45) is 33.9 Å². The van der Waals surface area contributed by atoms with Crippen molar-refractivity contribution in [3.63, 3.8) is 0 Å². The molecule has 2 N–H and O–H groups in total. The zero-order chi connectivity index (χ0) is 12.6. The van der Waals surface area contributed by atoms with E-state index in [1.165, 1.54) is 32.1 Å². The smallest absolute Gasteiger partial charge is 0.103 e. The average Bonchev–Trinajstić information content (AvgIpc) is 2.32. The van der Waals surface area contributed by atoms with Gasteiger partial charge in [0, 0.05) is 12.3 Å². The lowest BCUT2D eigenvalue weighted by Crippen LogP contribution is -2.46. The fourth-order valence-electron chi connectivity index (χ4n) is 5.32. The lowest BCUT2D eigenvalue weighted by molar-refractivity contribution is -0.0577. The molecule has 0 radical (unpaired) electrons. The molecule has 0 saturated heterocycles. The fraction of sp³-hybridized carbons (Fsp3) is 0.933. The molecule has 0 spiro atoms. The van der Waals surface area contributed by atoms with Crippen molar-refractivity contribution in [2.75, 3.05) is 12.3 Å². The van der Waals surface area contributed by atoms with E-state index in [1.54, 1.807) is 19.3 Å². The molecule has 0 amide bonds. The number of rotatable bonds is 5. The van der Waals surface area contributed by atoms with Gasteiger partial charge in [0.25, 0.3) is 0 Å². The highest BCUT2D eigenvalue weighted by molar-refractivity contribution is 7.81. The second-order valence-electron chi connectivity index (χ2n) is 7.05. The summed E-state index contributed by atoms with van der Waals surface area (Å²) in [7, 11) is 0. The molecule has 0 aromatic carbocycles. The molecule has 4 fully saturated rings. The number of thiol groups is 1. The number of nitrogens with two attached hydrogens (primary N) is 1. The van der Waals surface area contributed by atoms with Crippen LogP contribution in [0.15, 0.2) is 4.99 Å². The second kappa shape index (κ2) is 6.26. The first-order valence-electron chi connectivity index (χ1n) is 7.59. The zero-order valence-electron chi connectivity index (χ0n) is 11.7. The van der Waals surface area contributed by atoms with Gasteiger partial charge in [-0.15, -0.1) is 12.4 Å². The van der Waals surface area contributed by atoms with Crippen LogP contribution in [0.2, 0.25) is 0 Å². The van der Waals surface area contributed by atoms with Crippen LogP contribution >= 0.6 is 25.0 Å². The minimum atomic E-state index is 0. The van der Waals surface area contributed by atoms with Crippen molar-refractivity contribution >= 4 is 30.9 Å². The zero-order valence-corrected chi connectivity index (χ0v) is 13.4. The van der Waals surface area contributed by atoms with Crippen molar-refractivity contribution in [3.8, 4) is 0 Å². The Hall–Kier alpha value is 0.110. The van der Waals surface area contributed by atoms with Crippen molar-refractivity contribution < 1.29 is 0 Å². The highest BCUT2D eigenvalue weighted by atomic mass is 35.5. The minimum absolute atomic E-state index is 0. The van der Waals surface area contributed by atoms with E-state index in [9.17, 15) is 0 Å². The minimum Gasteiger partial charge on any atom is -0.387 e. The molecule has 4 bridgehead atoms. The Morgan fingerprint density at radius 2 is 1.63 bits per heavy atom. The summed E-state index contributed by atoms with van der Waals surface area (Å²) in [6, 6.07) is 0. The van der Waals surface area contributed by atoms with Crippen LogP contribution in [0.4, 0.5) is 0 Å². The molecule has 4 aliphatic carbocycles. The lowest BCUT2D eigenvalue weighted by Gasteiger charge is -2.57. The monoisotopic (exact) mass is 302 g/mol. The van der Waals surface area contributed by atoms with E-state index in [2.05, 4.69) is 17.6 Å². The van der Waals surface area contributed by atoms with Crippen LogP contribution in [-0.4, -0.2) is 18.1 Å². The maximum Gasteiger partial charge on any atom is 0.103 e. The SMILES string of the molecule is Cl.NC(CS)=NCCCC12CC3CC(CC(C3)C1)C2. The molecule has 0 aromatic heterocycles. The lowest BCUT2D eigenvalue weighted by atomic mass is 9.48. The van der Waals surface area contributed by atoms with Crippen LogP contribution in [0.1, 0.15) is 51.4 Å². The standard InChI is InChI=1S/C15H26N2S.ClH/c16-14(10-18)17-3-1-2-15-7-11-4-12(8-15)6-13(5-11)9-15;/h11-13,18H,1-10H2,(H2,16,17);1H. The Labute approximate surface area is 128 Å². The van der Waals surface area contributed by atoms with Gasteiger partial charge in [-0.2, -0.15) is 12.6 Å². The maximum atomic E-state index is 5.69. The molecule has 110 valence electrons. The van der Waals surface area contributed by atoms with Crippen molar-refractivity contribution in [3.05, 3.63) is 0 Å². The Kier molecular flexibility index (Phi) is 5.10. The summed E-state index contributed by atoms with van der Waals surface area (Å²) in [5, 5.41) is 0. The predicted octanol–water partition coefficient (Wildman–Crippen LogP) is 3.69. The Balaban J connectivity index is 0.00000133. The predicted molar refractivity (Wildman–Crippen MR) is 87.4 cm³/mol. The topological polar surface area (TPSA) is 38.4 Å². The van der Waals surface area contributed by atoms with E-state index in [0.717, 1.165) is 24.3 Å². The maximum absolute atomic E-state index is 5.69. The third-order valence-corrected chi connectivity index (χ3v) is 5.83. The molecule has 4 heteroatoms. The third-order valence-electron chi connectivity index (χ3n) is 5.51. The highest BCUT2D eigenvalue weighted by Gasteiger charge is 2.50. The number of nitrogens with zero attached hydrogens (tertiary/aromatic N) is 1. The molecule has 4 aliphatic rings. The van der Waals surface area contributed by atoms with Gasteiger partial charge in [0.05, 0.1) is 0 Å². The van der Waals surface area contributed by atoms with Crippen LogP contribution < -0.4 is 5.73 Å². The molecule has 0 aliphatic heterocycles. The van der Waals surface area contributed by atoms with Crippen LogP contribution in [0, 0.1) is 23.2 Å². The van der Waals surface area contributed by atoms with Crippen molar-refractivity contribution in [2.45, 2.75) is 51.4 Å². The summed E-state index contributed by atoms with van der Waals surface area (Å²) in [4.78, 5) is 4.38. The van der Waals surface area contributed by atoms with E-state index in [0.29, 0.717) is 17.0 Å². The van der Waals surface area contributed by atoms with E-state index in [4.69, 9.17) is 5.73 Å². The van der Waals surface area contributed by atoms with Crippen molar-refractivity contribution in [1.82, 2.24) is 0 Å². The first kappa shape index (κ1) is 15.5. The normalized spacial score (nSPS) is 40.3. The highest BCUT2D eigenvalue weighted by Crippen LogP contribution is 2.61. The molecule has 2 nitrogen and oxygen atoms in total. The van der Waals surface area contributed by atoms with Gasteiger partial charge in [-0.05, 0) is 74.5 Å². The van der Waals surface area contributed by atoms with Gasteiger partial charge < -0.3 is 5.73 Å². The Morgan fingerprint density at radius 3 is 2.11 bits per heavy atom. The average molecular weight is 303 g/mol. The van der Waals surface area contributed by atoms with Crippen LogP contribution in [0.25, 0.3) is 0 Å². The molecular formula is C15H27ClN2S. The summed E-state index contributed by atoms with van der Waals surface area (Å²) < 4.78 is 0. The summed E-state index contributed by atoms with van der Waals surface area (Å²) in [6.45, 7) is 0.911. The van der Waals surface area contributed by atoms with Gasteiger partial charge in [0.1, 0.15) is 5.84 Å². The van der Waals surface area contributed by atoms with E-state index in [1.807, 2.05) is 0 Å². The number of hydrogen-bond donors (Lipinski definition) is 2. The molecule has 0 heterocycles. The van der Waals surface area contributed by atoms with Crippen LogP contribution in [0.3, 0.4) is 0 Å². The fourth-order valence-corrected chi connectivity index (χ4v) is 5.42. The summed E-state index contributed by atoms with van der Waals surface area (Å²) >= 11 is 4.14. The third kappa shape index (κ3) is 3.41. The molecule has 4 rings (SSSR count). The van der Waals surface area contributed by atoms with Crippen molar-refractivity contribution in [1.29, 1.82) is 0 Å². The van der Waals surface area contributed by atoms with Crippen LogP contribution in [0.5, 0.6) is 0 Å². The molecule has 4 saturated carbocycles. The van der Waals surface area contributed by atoms with Crippen LogP contribution in [-0.2, 0) is 0 Å². The summed E-state index contributed by atoms with van der Waals surface area (Å²) in [5.41, 5.74) is 6.40. The second-order valence-corrected chi connectivity index (χ2v) is 7.37. The summed E-state index contributed by atoms with van der Waals surface area (Å²) in [6.07, 6.45) is 11.8. The van der Waals surface area contributed by atoms with Gasteiger partial charge in [0.2, 0.25) is 0 Å². The number of halogens is 1. The Morgan fingerprint density at radius 1 is 1.11 bits per heavy atom. The van der Waals surface area contributed by atoms with Gasteiger partial charge in [-0.1, -0.05) is 0 Å². The van der Waals surface area contributed by atoms with E-state index in [-0.39, 0.29) is 12.4 Å². The number of amidine groups is 1. The number of hydrogen-bond acceptors (Lipinski definition) is 2. The van der Waals surface area contributed by atoms with E-state index >= 15 is 0 Å². The van der Waals surface area contributed by atoms with E-state index < -0.39 is 0 Å². The summed E-state index contributed by atoms with van der Waals surface area (Å²) in [5.74, 6) is 4.51. The molecule has 0 unspecified atom stereocenters. The quantitative estimate of drug-likeness (QED) is 0.346. The molecule has 19 heavy (non-hydrogen) atoms. The largest absolute Gasteiger partial charge is 0.387 e. The molecular weight excluding hydrogens is 276 g/mol. The first-order valence-corrected chi connectivity index (χ1v) is 8.22. The molecule has 0 aromatic rings. The van der Waals surface area contributed by atoms with Gasteiger partial charge in [-0.3, -0.25) is 4.99 Å². The van der Waals surface area contributed by atoms with Gasteiger partial charge in [-0.25, -0.2) is 0 Å². The molecule has 0 atom stereocenters. The van der Waals surface area contributed by atoms with Gasteiger partial charge in [0.15, 0.2) is 0 Å². The van der Waals surface area contributed by atoms with Gasteiger partial charge >= 0.3 is 0 Å². The first-order chi connectivity index (χ1) is 8.69. The number of aliphatic imine (C=N–C) groups is 1. The Bertz CT molecular complexity index is 308.